The third kappa shape index (κ3) is 5.92. The van der Waals surface area contributed by atoms with Gasteiger partial charge in [-0.2, -0.15) is 4.39 Å². The summed E-state index contributed by atoms with van der Waals surface area (Å²) >= 11 is 13.3. The van der Waals surface area contributed by atoms with E-state index in [0.717, 1.165) is 11.8 Å². The average molecular weight is 545 g/mol. The Morgan fingerprint density at radius 1 is 1.23 bits per heavy atom. The Balaban J connectivity index is 1.70. The molecule has 35 heavy (non-hydrogen) atoms. The Hall–Kier alpha value is -2.32. The largest absolute Gasteiger partial charge is 0.480 e. The summed E-state index contributed by atoms with van der Waals surface area (Å²) in [4.78, 5) is 15.7. The van der Waals surface area contributed by atoms with E-state index in [0.29, 0.717) is 14.9 Å². The molecule has 0 unspecified atom stereocenters. The third-order valence-corrected chi connectivity index (χ3v) is 7.04. The van der Waals surface area contributed by atoms with Crippen LogP contribution >= 0.6 is 35.0 Å². The Morgan fingerprint density at radius 2 is 2.03 bits per heavy atom. The first-order valence-electron chi connectivity index (χ1n) is 10.2. The molecule has 3 heterocycles. The van der Waals surface area contributed by atoms with Gasteiger partial charge in [0.2, 0.25) is 5.95 Å². The molecule has 1 fully saturated rings. The number of carbonyl (C=O) groups is 1. The van der Waals surface area contributed by atoms with E-state index in [2.05, 4.69) is 15.3 Å². The highest BCUT2D eigenvalue weighted by molar-refractivity contribution is 7.99. The maximum atomic E-state index is 13.6. The van der Waals surface area contributed by atoms with E-state index in [1.54, 1.807) is 18.2 Å². The van der Waals surface area contributed by atoms with E-state index < -0.39 is 54.9 Å². The summed E-state index contributed by atoms with van der Waals surface area (Å²) in [5.41, 5.74) is -0.465. The molecule has 1 aliphatic rings. The summed E-state index contributed by atoms with van der Waals surface area (Å²) in [7, 11) is 0. The summed E-state index contributed by atoms with van der Waals surface area (Å²) in [5, 5.41) is 38.7. The van der Waals surface area contributed by atoms with Gasteiger partial charge in [-0.25, -0.2) is 14.5 Å². The minimum absolute atomic E-state index is 0.209. The quantitative estimate of drug-likeness (QED) is 0.362. The lowest BCUT2D eigenvalue weighted by atomic mass is 9.97. The lowest BCUT2D eigenvalue weighted by Gasteiger charge is -2.43. The van der Waals surface area contributed by atoms with Gasteiger partial charge in [0.15, 0.2) is 0 Å². The zero-order valence-electron chi connectivity index (χ0n) is 17.7. The first-order chi connectivity index (χ1) is 16.8. The zero-order chi connectivity index (χ0) is 25.1. The number of pyridine rings is 1. The number of ether oxygens (including phenoxy) is 2. The van der Waals surface area contributed by atoms with Crippen LogP contribution in [0.4, 0.5) is 4.39 Å². The van der Waals surface area contributed by atoms with Crippen molar-refractivity contribution < 1.29 is 34.0 Å². The molecule has 0 bridgehead atoms. The van der Waals surface area contributed by atoms with Gasteiger partial charge in [0.1, 0.15) is 42.1 Å². The van der Waals surface area contributed by atoms with E-state index in [-0.39, 0.29) is 11.4 Å². The number of aliphatic carboxylic acids is 1. The van der Waals surface area contributed by atoms with Crippen LogP contribution in [-0.2, 0) is 14.3 Å². The SMILES string of the molecule is O=C(O)CO[C@@H]1[C@@H](n2cc(-c3cccc(F)n3)nn2)[C@@H](O)[C@@H](CO)O[C@@H]1Sc1ccc(Cl)c(Cl)c1. The van der Waals surface area contributed by atoms with E-state index in [4.69, 9.17) is 32.7 Å². The topological polar surface area (TPSA) is 140 Å². The minimum atomic E-state index is -1.35. The predicted octanol–water partition coefficient (Wildman–Crippen LogP) is 2.67. The third-order valence-electron chi connectivity index (χ3n) is 5.16. The number of aliphatic hydroxyl groups is 2. The van der Waals surface area contributed by atoms with Crippen LogP contribution in [0, 0.1) is 5.95 Å². The second-order valence-corrected chi connectivity index (χ2v) is 9.49. The van der Waals surface area contributed by atoms with Crippen molar-refractivity contribution in [2.45, 2.75) is 34.7 Å². The van der Waals surface area contributed by atoms with Crippen molar-refractivity contribution in [2.24, 2.45) is 0 Å². The minimum Gasteiger partial charge on any atom is -0.480 e. The molecule has 1 saturated heterocycles. The molecular formula is C21H19Cl2FN4O6S. The van der Waals surface area contributed by atoms with Crippen molar-refractivity contribution in [1.29, 1.82) is 0 Å². The molecule has 1 aliphatic heterocycles. The van der Waals surface area contributed by atoms with Crippen LogP contribution < -0.4 is 0 Å². The van der Waals surface area contributed by atoms with Crippen molar-refractivity contribution in [3.63, 3.8) is 0 Å². The molecule has 0 radical (unpaired) electrons. The zero-order valence-corrected chi connectivity index (χ0v) is 20.1. The smallest absolute Gasteiger partial charge is 0.329 e. The van der Waals surface area contributed by atoms with Crippen molar-refractivity contribution in [3.8, 4) is 11.4 Å². The maximum absolute atomic E-state index is 13.6. The van der Waals surface area contributed by atoms with E-state index in [9.17, 15) is 24.5 Å². The van der Waals surface area contributed by atoms with Gasteiger partial charge in [-0.3, -0.25) is 0 Å². The summed E-state index contributed by atoms with van der Waals surface area (Å²) in [5.74, 6) is -1.94. The molecule has 2 aromatic heterocycles. The fourth-order valence-corrected chi connectivity index (χ4v) is 5.11. The average Bonchev–Trinajstić information content (AvgIpc) is 3.31. The number of nitrogens with zero attached hydrogens (tertiary/aromatic N) is 4. The molecular weight excluding hydrogens is 526 g/mol. The van der Waals surface area contributed by atoms with Gasteiger partial charge in [0.05, 0.1) is 28.5 Å². The Kier molecular flexibility index (Phi) is 8.22. The molecule has 3 N–H and O–H groups in total. The second kappa shape index (κ2) is 11.2. The Bertz CT molecular complexity index is 1200. The van der Waals surface area contributed by atoms with Crippen molar-refractivity contribution in [2.75, 3.05) is 13.2 Å². The molecule has 0 amide bonds. The van der Waals surface area contributed by atoms with Crippen LogP contribution in [0.15, 0.2) is 47.5 Å². The summed E-state index contributed by atoms with van der Waals surface area (Å²) in [6.45, 7) is -1.22. The van der Waals surface area contributed by atoms with Crippen molar-refractivity contribution in [3.05, 3.63) is 58.6 Å². The van der Waals surface area contributed by atoms with Crippen molar-refractivity contribution in [1.82, 2.24) is 20.0 Å². The number of benzene rings is 1. The fourth-order valence-electron chi connectivity index (χ4n) is 3.58. The lowest BCUT2D eigenvalue weighted by molar-refractivity contribution is -0.196. The highest BCUT2D eigenvalue weighted by Crippen LogP contribution is 2.41. The number of hydrogen-bond acceptors (Lipinski definition) is 9. The van der Waals surface area contributed by atoms with Gasteiger partial charge in [0, 0.05) is 4.90 Å². The van der Waals surface area contributed by atoms with Gasteiger partial charge in [0.25, 0.3) is 0 Å². The first-order valence-corrected chi connectivity index (χ1v) is 11.8. The van der Waals surface area contributed by atoms with E-state index >= 15 is 0 Å². The fraction of sp³-hybridized carbons (Fsp3) is 0.333. The number of hydrogen-bond donors (Lipinski definition) is 3. The number of halogens is 3. The molecule has 0 aliphatic carbocycles. The lowest BCUT2D eigenvalue weighted by Crippen LogP contribution is -2.56. The number of rotatable bonds is 8. The van der Waals surface area contributed by atoms with Crippen LogP contribution in [0.1, 0.15) is 6.04 Å². The molecule has 0 spiro atoms. The van der Waals surface area contributed by atoms with Crippen LogP contribution in [0.25, 0.3) is 11.4 Å². The maximum Gasteiger partial charge on any atom is 0.329 e. The van der Waals surface area contributed by atoms with Crippen LogP contribution in [0.3, 0.4) is 0 Å². The number of aliphatic hydroxyl groups excluding tert-OH is 2. The Morgan fingerprint density at radius 3 is 2.71 bits per heavy atom. The molecule has 1 aromatic carbocycles. The number of thioether (sulfide) groups is 1. The number of carboxylic acids is 1. The van der Waals surface area contributed by atoms with Gasteiger partial charge < -0.3 is 24.8 Å². The summed E-state index contributed by atoms with van der Waals surface area (Å²) < 4.78 is 26.4. The molecule has 4 rings (SSSR count). The Labute approximate surface area is 212 Å². The highest BCUT2D eigenvalue weighted by Gasteiger charge is 2.48. The summed E-state index contributed by atoms with van der Waals surface area (Å²) in [6, 6.07) is 8.04. The van der Waals surface area contributed by atoms with Crippen LogP contribution in [0.2, 0.25) is 10.0 Å². The number of aromatic nitrogens is 4. The van der Waals surface area contributed by atoms with Crippen molar-refractivity contribution >= 4 is 40.9 Å². The van der Waals surface area contributed by atoms with Gasteiger partial charge >= 0.3 is 5.97 Å². The van der Waals surface area contributed by atoms with E-state index in [1.807, 2.05) is 0 Å². The number of carboxylic acid groups (broad SMARTS) is 1. The van der Waals surface area contributed by atoms with Crippen LogP contribution in [-0.4, -0.2) is 78.2 Å². The van der Waals surface area contributed by atoms with E-state index in [1.165, 1.54) is 29.1 Å². The first kappa shape index (κ1) is 25.8. The second-order valence-electron chi connectivity index (χ2n) is 7.50. The summed E-state index contributed by atoms with van der Waals surface area (Å²) in [6.07, 6.45) is -2.03. The van der Waals surface area contributed by atoms with Crippen LogP contribution in [0.5, 0.6) is 0 Å². The molecule has 3 aromatic rings. The molecule has 186 valence electrons. The van der Waals surface area contributed by atoms with Gasteiger partial charge in [-0.1, -0.05) is 46.2 Å². The van der Waals surface area contributed by atoms with Gasteiger partial charge in [-0.05, 0) is 30.3 Å². The van der Waals surface area contributed by atoms with Gasteiger partial charge in [-0.15, -0.1) is 5.10 Å². The molecule has 14 heteroatoms. The molecule has 0 saturated carbocycles. The standard InChI is InChI=1S/C21H19Cl2FN4O6S/c22-11-5-4-10(6-12(11)23)35-21-20(33-9-17(30)31)18(19(32)15(8-29)34-21)28-7-14(26-27-28)13-2-1-3-16(24)25-13/h1-7,15,18-21,29,32H,8-9H2,(H,30,31)/t15-,18+,19+,20-,21-/m1/s1. The monoisotopic (exact) mass is 544 g/mol. The highest BCUT2D eigenvalue weighted by atomic mass is 35.5. The predicted molar refractivity (Wildman–Crippen MR) is 124 cm³/mol. The molecule has 10 nitrogen and oxygen atoms in total. The normalized spacial score (nSPS) is 24.4. The molecule has 5 atom stereocenters.